The standard InChI is InChI=1S/C19H23N3O4/c1-12(13-8-5-4-6-9-13)21(2)14-10-7-11-22-17(14)20-15(19(25)26-3)16(23)18(22)24/h4-6,8-9,12,14,23H,7,10-11H2,1-3H3/t12-,14?/m1/s1. The highest BCUT2D eigenvalue weighted by atomic mass is 16.5. The summed E-state index contributed by atoms with van der Waals surface area (Å²) < 4.78 is 6.11. The van der Waals surface area contributed by atoms with Crippen molar-refractivity contribution in [3.05, 3.63) is 57.8 Å². The second-order valence-electron chi connectivity index (χ2n) is 6.53. The van der Waals surface area contributed by atoms with Gasteiger partial charge < -0.3 is 9.84 Å². The number of aromatic hydroxyl groups is 1. The van der Waals surface area contributed by atoms with Gasteiger partial charge in [0.2, 0.25) is 5.75 Å². The number of ether oxygens (including phenoxy) is 1. The molecule has 7 nitrogen and oxygen atoms in total. The molecule has 2 heterocycles. The van der Waals surface area contributed by atoms with Crippen molar-refractivity contribution in [2.75, 3.05) is 14.2 Å². The Morgan fingerprint density at radius 2 is 2.08 bits per heavy atom. The van der Waals surface area contributed by atoms with Gasteiger partial charge in [0.05, 0.1) is 13.2 Å². The molecule has 138 valence electrons. The normalized spacial score (nSPS) is 17.6. The minimum Gasteiger partial charge on any atom is -0.501 e. The molecule has 1 aromatic carbocycles. The number of hydrogen-bond acceptors (Lipinski definition) is 6. The van der Waals surface area contributed by atoms with E-state index in [0.717, 1.165) is 18.4 Å². The molecule has 0 aliphatic carbocycles. The zero-order chi connectivity index (χ0) is 18.8. The van der Waals surface area contributed by atoms with Gasteiger partial charge in [0.1, 0.15) is 5.82 Å². The SMILES string of the molecule is COC(=O)c1nc2n(c(=O)c1O)CCCC2N(C)[C@H](C)c1ccccc1. The van der Waals surface area contributed by atoms with E-state index >= 15 is 0 Å². The predicted octanol–water partition coefficient (Wildman–Crippen LogP) is 2.26. The summed E-state index contributed by atoms with van der Waals surface area (Å²) in [6, 6.07) is 10.0. The predicted molar refractivity (Wildman–Crippen MR) is 96.1 cm³/mol. The first kappa shape index (κ1) is 18.1. The van der Waals surface area contributed by atoms with E-state index in [1.807, 2.05) is 25.2 Å². The molecule has 1 aromatic heterocycles. The fourth-order valence-corrected chi connectivity index (χ4v) is 3.46. The molecule has 1 unspecified atom stereocenters. The molecule has 1 N–H and O–H groups in total. The van der Waals surface area contributed by atoms with Gasteiger partial charge in [-0.1, -0.05) is 30.3 Å². The van der Waals surface area contributed by atoms with Gasteiger partial charge in [-0.15, -0.1) is 0 Å². The summed E-state index contributed by atoms with van der Waals surface area (Å²) in [6.07, 6.45) is 1.60. The number of fused-ring (bicyclic) bond motifs is 1. The molecule has 2 aromatic rings. The molecule has 1 aliphatic heterocycles. The van der Waals surface area contributed by atoms with Crippen LogP contribution < -0.4 is 5.56 Å². The first-order chi connectivity index (χ1) is 12.5. The highest BCUT2D eigenvalue weighted by Gasteiger charge is 2.32. The van der Waals surface area contributed by atoms with Gasteiger partial charge >= 0.3 is 5.97 Å². The smallest absolute Gasteiger partial charge is 0.360 e. The van der Waals surface area contributed by atoms with E-state index < -0.39 is 17.3 Å². The maximum atomic E-state index is 12.5. The van der Waals surface area contributed by atoms with Crippen molar-refractivity contribution in [2.45, 2.75) is 38.4 Å². The molecule has 0 saturated carbocycles. The van der Waals surface area contributed by atoms with Crippen LogP contribution >= 0.6 is 0 Å². The summed E-state index contributed by atoms with van der Waals surface area (Å²) in [7, 11) is 3.18. The fourth-order valence-electron chi connectivity index (χ4n) is 3.46. The number of nitrogens with zero attached hydrogens (tertiary/aromatic N) is 3. The Labute approximate surface area is 151 Å². The molecule has 0 bridgehead atoms. The third kappa shape index (κ3) is 3.10. The highest BCUT2D eigenvalue weighted by Crippen LogP contribution is 2.34. The Morgan fingerprint density at radius 1 is 1.38 bits per heavy atom. The molecule has 7 heteroatoms. The van der Waals surface area contributed by atoms with Crippen molar-refractivity contribution in [1.29, 1.82) is 0 Å². The third-order valence-electron chi connectivity index (χ3n) is 5.10. The first-order valence-corrected chi connectivity index (χ1v) is 8.64. The molecule has 0 spiro atoms. The number of rotatable bonds is 4. The fraction of sp³-hybridized carbons (Fsp3) is 0.421. The molecule has 3 rings (SSSR count). The molecule has 0 fully saturated rings. The second-order valence-corrected chi connectivity index (χ2v) is 6.53. The first-order valence-electron chi connectivity index (χ1n) is 8.64. The molecular weight excluding hydrogens is 334 g/mol. The molecule has 0 radical (unpaired) electrons. The summed E-state index contributed by atoms with van der Waals surface area (Å²) in [5.41, 5.74) is 0.235. The van der Waals surface area contributed by atoms with Crippen LogP contribution in [0.3, 0.4) is 0 Å². The molecule has 0 saturated heterocycles. The van der Waals surface area contributed by atoms with Crippen molar-refractivity contribution < 1.29 is 14.6 Å². The zero-order valence-electron chi connectivity index (χ0n) is 15.2. The van der Waals surface area contributed by atoms with Crippen LogP contribution in [0.2, 0.25) is 0 Å². The second kappa shape index (κ2) is 7.29. The molecular formula is C19H23N3O4. The lowest BCUT2D eigenvalue weighted by atomic mass is 10.00. The van der Waals surface area contributed by atoms with Crippen molar-refractivity contribution in [3.8, 4) is 5.75 Å². The largest absolute Gasteiger partial charge is 0.501 e. The Hall–Kier alpha value is -2.67. The van der Waals surface area contributed by atoms with E-state index in [4.69, 9.17) is 0 Å². The topological polar surface area (TPSA) is 84.7 Å². The lowest BCUT2D eigenvalue weighted by molar-refractivity contribution is 0.0586. The van der Waals surface area contributed by atoms with Crippen LogP contribution in [0.15, 0.2) is 35.1 Å². The van der Waals surface area contributed by atoms with Gasteiger partial charge in [0.25, 0.3) is 5.56 Å². The number of carbonyl (C=O) groups is 1. The van der Waals surface area contributed by atoms with E-state index in [1.165, 1.54) is 11.7 Å². The minimum atomic E-state index is -0.814. The van der Waals surface area contributed by atoms with Crippen molar-refractivity contribution in [2.24, 2.45) is 0 Å². The monoisotopic (exact) mass is 357 g/mol. The maximum Gasteiger partial charge on any atom is 0.360 e. The number of carbonyl (C=O) groups excluding carboxylic acids is 1. The van der Waals surface area contributed by atoms with Crippen LogP contribution in [0.25, 0.3) is 0 Å². The Bertz CT molecular complexity index is 863. The minimum absolute atomic E-state index is 0.0973. The van der Waals surface area contributed by atoms with Gasteiger partial charge in [-0.3, -0.25) is 14.3 Å². The van der Waals surface area contributed by atoms with E-state index in [9.17, 15) is 14.7 Å². The van der Waals surface area contributed by atoms with Gasteiger partial charge in [0.15, 0.2) is 5.69 Å². The van der Waals surface area contributed by atoms with Crippen LogP contribution in [-0.2, 0) is 11.3 Å². The summed E-state index contributed by atoms with van der Waals surface area (Å²) in [6.45, 7) is 2.56. The van der Waals surface area contributed by atoms with E-state index in [1.54, 1.807) is 0 Å². The van der Waals surface area contributed by atoms with Crippen LogP contribution in [0.4, 0.5) is 0 Å². The number of benzene rings is 1. The summed E-state index contributed by atoms with van der Waals surface area (Å²) in [4.78, 5) is 30.9. The molecule has 0 amide bonds. The molecule has 1 aliphatic rings. The summed E-state index contributed by atoms with van der Waals surface area (Å²) >= 11 is 0. The van der Waals surface area contributed by atoms with Gasteiger partial charge in [-0.25, -0.2) is 9.78 Å². The average Bonchev–Trinajstić information content (AvgIpc) is 2.69. The summed E-state index contributed by atoms with van der Waals surface area (Å²) in [5, 5.41) is 10.1. The zero-order valence-corrected chi connectivity index (χ0v) is 15.2. The molecule has 2 atom stereocenters. The number of aromatic nitrogens is 2. The maximum absolute atomic E-state index is 12.5. The lowest BCUT2D eigenvalue weighted by Crippen LogP contribution is -2.38. The third-order valence-corrected chi connectivity index (χ3v) is 5.10. The Morgan fingerprint density at radius 3 is 2.73 bits per heavy atom. The van der Waals surface area contributed by atoms with Crippen molar-refractivity contribution in [3.63, 3.8) is 0 Å². The van der Waals surface area contributed by atoms with Crippen molar-refractivity contribution >= 4 is 5.97 Å². The van der Waals surface area contributed by atoms with Crippen molar-refractivity contribution in [1.82, 2.24) is 14.5 Å². The molecule has 26 heavy (non-hydrogen) atoms. The van der Waals surface area contributed by atoms with Crippen LogP contribution in [0.1, 0.15) is 53.7 Å². The van der Waals surface area contributed by atoms with Gasteiger partial charge in [-0.05, 0) is 32.4 Å². The van der Waals surface area contributed by atoms with Crippen LogP contribution in [0.5, 0.6) is 5.75 Å². The van der Waals surface area contributed by atoms with E-state index in [-0.39, 0.29) is 17.8 Å². The Kier molecular flexibility index (Phi) is 5.08. The highest BCUT2D eigenvalue weighted by molar-refractivity contribution is 5.89. The average molecular weight is 357 g/mol. The lowest BCUT2D eigenvalue weighted by Gasteiger charge is -2.36. The van der Waals surface area contributed by atoms with Crippen LogP contribution in [-0.4, -0.2) is 39.7 Å². The summed E-state index contributed by atoms with van der Waals surface area (Å²) in [5.74, 6) is -0.976. The van der Waals surface area contributed by atoms with E-state index in [2.05, 4.69) is 33.7 Å². The number of hydrogen-bond donors (Lipinski definition) is 1. The number of methoxy groups -OCH3 is 1. The van der Waals surface area contributed by atoms with Crippen LogP contribution in [0, 0.1) is 0 Å². The quantitative estimate of drug-likeness (QED) is 0.845. The van der Waals surface area contributed by atoms with Gasteiger partial charge in [-0.2, -0.15) is 0 Å². The van der Waals surface area contributed by atoms with E-state index in [0.29, 0.717) is 12.4 Å². The van der Waals surface area contributed by atoms with Gasteiger partial charge in [0, 0.05) is 12.6 Å². The number of esters is 1. The Balaban J connectivity index is 2.04.